The van der Waals surface area contributed by atoms with Crippen molar-refractivity contribution in [2.45, 2.75) is 18.9 Å². The standard InChI is InChI=1S/C18H19NO4/c20-17(21)16(15-9-5-2-6-10-15)11-12-19-18(22)23-13-14-7-3-1-4-8-14/h1-10,16H,11-13H2,(H,19,22)(H,20,21). The lowest BCUT2D eigenvalue weighted by Crippen LogP contribution is -2.27. The summed E-state index contributed by atoms with van der Waals surface area (Å²) in [5, 5.41) is 11.9. The fourth-order valence-corrected chi connectivity index (χ4v) is 2.21. The van der Waals surface area contributed by atoms with Gasteiger partial charge < -0.3 is 15.2 Å². The van der Waals surface area contributed by atoms with Gasteiger partial charge in [0.05, 0.1) is 5.92 Å². The molecular weight excluding hydrogens is 294 g/mol. The first kappa shape index (κ1) is 16.5. The number of ether oxygens (including phenoxy) is 1. The van der Waals surface area contributed by atoms with E-state index in [9.17, 15) is 14.7 Å². The average molecular weight is 313 g/mol. The maximum absolute atomic E-state index is 11.6. The van der Waals surface area contributed by atoms with Gasteiger partial charge in [0.25, 0.3) is 0 Å². The normalized spacial score (nSPS) is 11.5. The Morgan fingerprint density at radius 3 is 2.22 bits per heavy atom. The summed E-state index contributed by atoms with van der Waals surface area (Å²) in [6, 6.07) is 18.3. The SMILES string of the molecule is O=C(NCCC(C(=O)O)c1ccccc1)OCc1ccccc1. The van der Waals surface area contributed by atoms with Gasteiger partial charge in [-0.1, -0.05) is 60.7 Å². The summed E-state index contributed by atoms with van der Waals surface area (Å²) in [7, 11) is 0. The molecule has 5 heteroatoms. The number of nitrogens with one attached hydrogen (secondary N) is 1. The number of carbonyl (C=O) groups excluding carboxylic acids is 1. The summed E-state index contributed by atoms with van der Waals surface area (Å²) in [6.45, 7) is 0.424. The molecule has 2 N–H and O–H groups in total. The van der Waals surface area contributed by atoms with Crippen molar-refractivity contribution in [1.82, 2.24) is 5.32 Å². The van der Waals surface area contributed by atoms with Gasteiger partial charge in [-0.25, -0.2) is 4.79 Å². The highest BCUT2D eigenvalue weighted by Gasteiger charge is 2.19. The second-order valence-corrected chi connectivity index (χ2v) is 5.08. The first-order valence-corrected chi connectivity index (χ1v) is 7.39. The van der Waals surface area contributed by atoms with Crippen molar-refractivity contribution in [3.63, 3.8) is 0 Å². The zero-order valence-electron chi connectivity index (χ0n) is 12.6. The third-order valence-electron chi connectivity index (χ3n) is 3.42. The molecule has 1 unspecified atom stereocenters. The average Bonchev–Trinajstić information content (AvgIpc) is 2.58. The highest BCUT2D eigenvalue weighted by molar-refractivity contribution is 5.76. The van der Waals surface area contributed by atoms with Gasteiger partial charge in [0.1, 0.15) is 6.61 Å². The molecule has 0 bridgehead atoms. The van der Waals surface area contributed by atoms with Gasteiger partial charge in [0.15, 0.2) is 0 Å². The van der Waals surface area contributed by atoms with Crippen molar-refractivity contribution >= 4 is 12.1 Å². The van der Waals surface area contributed by atoms with Crippen molar-refractivity contribution in [2.24, 2.45) is 0 Å². The highest BCUT2D eigenvalue weighted by Crippen LogP contribution is 2.19. The molecule has 2 rings (SSSR count). The minimum atomic E-state index is -0.907. The van der Waals surface area contributed by atoms with Gasteiger partial charge in [-0.15, -0.1) is 0 Å². The summed E-state index contributed by atoms with van der Waals surface area (Å²) in [6.07, 6.45) is -0.245. The first-order chi connectivity index (χ1) is 11.2. The molecule has 0 spiro atoms. The Morgan fingerprint density at radius 1 is 1.00 bits per heavy atom. The van der Waals surface area contributed by atoms with Gasteiger partial charge in [-0.3, -0.25) is 4.79 Å². The Labute approximate surface area is 134 Å². The largest absolute Gasteiger partial charge is 0.481 e. The molecule has 5 nitrogen and oxygen atoms in total. The Balaban J connectivity index is 1.76. The van der Waals surface area contributed by atoms with Crippen LogP contribution in [0.1, 0.15) is 23.5 Å². The van der Waals surface area contributed by atoms with E-state index in [1.165, 1.54) is 0 Å². The second kappa shape index (κ2) is 8.58. The molecule has 0 aliphatic rings. The monoisotopic (exact) mass is 313 g/mol. The van der Waals surface area contributed by atoms with Crippen molar-refractivity contribution in [2.75, 3.05) is 6.54 Å². The van der Waals surface area contributed by atoms with Crippen LogP contribution < -0.4 is 5.32 Å². The predicted octanol–water partition coefficient (Wildman–Crippen LogP) is 3.17. The Bertz CT molecular complexity index is 628. The number of hydrogen-bond donors (Lipinski definition) is 2. The number of carbonyl (C=O) groups is 2. The molecule has 1 atom stereocenters. The molecular formula is C18H19NO4. The zero-order valence-corrected chi connectivity index (χ0v) is 12.6. The quantitative estimate of drug-likeness (QED) is 0.823. The van der Waals surface area contributed by atoms with Crippen molar-refractivity contribution in [1.29, 1.82) is 0 Å². The van der Waals surface area contributed by atoms with Crippen LogP contribution >= 0.6 is 0 Å². The van der Waals surface area contributed by atoms with Crippen LogP contribution in [0.2, 0.25) is 0 Å². The maximum Gasteiger partial charge on any atom is 0.407 e. The zero-order chi connectivity index (χ0) is 16.5. The lowest BCUT2D eigenvalue weighted by Gasteiger charge is -2.13. The van der Waals surface area contributed by atoms with E-state index in [2.05, 4.69) is 5.32 Å². The van der Waals surface area contributed by atoms with Gasteiger partial charge in [0, 0.05) is 6.54 Å². The van der Waals surface area contributed by atoms with Crippen LogP contribution in [-0.4, -0.2) is 23.7 Å². The molecule has 2 aromatic rings. The van der Waals surface area contributed by atoms with Crippen molar-refractivity contribution in [3.8, 4) is 0 Å². The molecule has 0 heterocycles. The van der Waals surface area contributed by atoms with Crippen LogP contribution in [-0.2, 0) is 16.1 Å². The van der Waals surface area contributed by atoms with E-state index < -0.39 is 18.0 Å². The van der Waals surface area contributed by atoms with E-state index in [0.29, 0.717) is 6.42 Å². The smallest absolute Gasteiger partial charge is 0.407 e. The van der Waals surface area contributed by atoms with Crippen molar-refractivity contribution < 1.29 is 19.4 Å². The predicted molar refractivity (Wildman–Crippen MR) is 86.1 cm³/mol. The molecule has 0 fully saturated rings. The Hall–Kier alpha value is -2.82. The molecule has 0 aromatic heterocycles. The highest BCUT2D eigenvalue weighted by atomic mass is 16.5. The molecule has 120 valence electrons. The summed E-state index contributed by atoms with van der Waals surface area (Å²) < 4.78 is 5.08. The number of hydrogen-bond acceptors (Lipinski definition) is 3. The fourth-order valence-electron chi connectivity index (χ4n) is 2.21. The van der Waals surface area contributed by atoms with Crippen LogP contribution in [0.3, 0.4) is 0 Å². The number of amides is 1. The minimum Gasteiger partial charge on any atom is -0.481 e. The number of carboxylic acid groups (broad SMARTS) is 1. The van der Waals surface area contributed by atoms with E-state index in [1.54, 1.807) is 24.3 Å². The second-order valence-electron chi connectivity index (χ2n) is 5.08. The number of benzene rings is 2. The number of aliphatic carboxylic acids is 1. The first-order valence-electron chi connectivity index (χ1n) is 7.39. The summed E-state index contributed by atoms with van der Waals surface area (Å²) in [5.74, 6) is -1.55. The topological polar surface area (TPSA) is 75.6 Å². The lowest BCUT2D eigenvalue weighted by molar-refractivity contribution is -0.138. The van der Waals surface area contributed by atoms with E-state index in [4.69, 9.17) is 4.74 Å². The number of alkyl carbamates (subject to hydrolysis) is 1. The summed E-state index contributed by atoms with van der Waals surface area (Å²) in [5.41, 5.74) is 1.62. The molecule has 0 radical (unpaired) electrons. The molecule has 1 amide bonds. The van der Waals surface area contributed by atoms with Gasteiger partial charge >= 0.3 is 12.1 Å². The number of rotatable bonds is 7. The van der Waals surface area contributed by atoms with E-state index in [-0.39, 0.29) is 13.2 Å². The molecule has 0 aliphatic heterocycles. The van der Waals surface area contributed by atoms with Crippen LogP contribution in [0.4, 0.5) is 4.79 Å². The summed E-state index contributed by atoms with van der Waals surface area (Å²) in [4.78, 5) is 23.0. The summed E-state index contributed by atoms with van der Waals surface area (Å²) >= 11 is 0. The van der Waals surface area contributed by atoms with Gasteiger partial charge in [-0.2, -0.15) is 0 Å². The fraction of sp³-hybridized carbons (Fsp3) is 0.222. The van der Waals surface area contributed by atoms with Gasteiger partial charge in [0.2, 0.25) is 0 Å². The lowest BCUT2D eigenvalue weighted by atomic mass is 9.96. The molecule has 2 aromatic carbocycles. The van der Waals surface area contributed by atoms with Crippen LogP contribution in [0, 0.1) is 0 Å². The third-order valence-corrected chi connectivity index (χ3v) is 3.42. The van der Waals surface area contributed by atoms with E-state index >= 15 is 0 Å². The van der Waals surface area contributed by atoms with E-state index in [1.807, 2.05) is 36.4 Å². The van der Waals surface area contributed by atoms with Crippen LogP contribution in [0.15, 0.2) is 60.7 Å². The van der Waals surface area contributed by atoms with Gasteiger partial charge in [-0.05, 0) is 17.5 Å². The van der Waals surface area contributed by atoms with Crippen LogP contribution in [0.5, 0.6) is 0 Å². The number of carboxylic acids is 1. The van der Waals surface area contributed by atoms with Crippen molar-refractivity contribution in [3.05, 3.63) is 71.8 Å². The maximum atomic E-state index is 11.6. The third kappa shape index (κ3) is 5.47. The molecule has 23 heavy (non-hydrogen) atoms. The molecule has 0 saturated carbocycles. The van der Waals surface area contributed by atoms with Crippen LogP contribution in [0.25, 0.3) is 0 Å². The molecule has 0 saturated heterocycles. The van der Waals surface area contributed by atoms with E-state index in [0.717, 1.165) is 11.1 Å². The Kier molecular flexibility index (Phi) is 6.17. The Morgan fingerprint density at radius 2 is 1.61 bits per heavy atom. The minimum absolute atomic E-state index is 0.188. The molecule has 0 aliphatic carbocycles.